The molecule has 0 saturated carbocycles. The summed E-state index contributed by atoms with van der Waals surface area (Å²) >= 11 is 1.69. The SMILES string of the molecule is Nc1ccc2ncc(-c3cc4cnccc4s3)n2n1. The second-order valence-corrected chi connectivity index (χ2v) is 5.28. The number of hydrogen-bond acceptors (Lipinski definition) is 5. The Morgan fingerprint density at radius 1 is 1.16 bits per heavy atom. The van der Waals surface area contributed by atoms with Gasteiger partial charge in [0.05, 0.1) is 11.1 Å². The summed E-state index contributed by atoms with van der Waals surface area (Å²) in [5.41, 5.74) is 7.48. The van der Waals surface area contributed by atoms with Gasteiger partial charge in [0.1, 0.15) is 11.5 Å². The lowest BCUT2D eigenvalue weighted by Gasteiger charge is -1.98. The highest BCUT2D eigenvalue weighted by Gasteiger charge is 2.10. The van der Waals surface area contributed by atoms with E-state index in [0.29, 0.717) is 5.82 Å². The number of pyridine rings is 1. The Morgan fingerprint density at radius 3 is 3.00 bits per heavy atom. The van der Waals surface area contributed by atoms with Gasteiger partial charge in [-0.2, -0.15) is 0 Å². The third-order valence-corrected chi connectivity index (χ3v) is 4.09. The molecule has 0 aliphatic heterocycles. The van der Waals surface area contributed by atoms with Crippen molar-refractivity contribution in [2.75, 3.05) is 5.73 Å². The van der Waals surface area contributed by atoms with Crippen LogP contribution in [-0.2, 0) is 0 Å². The predicted octanol–water partition coefficient (Wildman–Crippen LogP) is 2.59. The Labute approximate surface area is 112 Å². The van der Waals surface area contributed by atoms with Crippen LogP contribution in [0, 0.1) is 0 Å². The van der Waals surface area contributed by atoms with E-state index in [0.717, 1.165) is 21.6 Å². The molecule has 0 aromatic carbocycles. The van der Waals surface area contributed by atoms with E-state index in [4.69, 9.17) is 5.73 Å². The molecule has 0 amide bonds. The Bertz CT molecular complexity index is 859. The van der Waals surface area contributed by atoms with E-state index in [1.165, 1.54) is 4.70 Å². The molecular formula is C13H9N5S. The van der Waals surface area contributed by atoms with E-state index in [9.17, 15) is 0 Å². The smallest absolute Gasteiger partial charge is 0.154 e. The first kappa shape index (κ1) is 10.5. The van der Waals surface area contributed by atoms with Gasteiger partial charge in [-0.3, -0.25) is 4.98 Å². The predicted molar refractivity (Wildman–Crippen MR) is 76.0 cm³/mol. The molecule has 0 aliphatic carbocycles. The lowest BCUT2D eigenvalue weighted by Crippen LogP contribution is -1.98. The van der Waals surface area contributed by atoms with E-state index in [1.807, 2.05) is 24.5 Å². The topological polar surface area (TPSA) is 69.1 Å². The molecule has 0 spiro atoms. The van der Waals surface area contributed by atoms with Crippen LogP contribution >= 0.6 is 11.3 Å². The molecule has 4 rings (SSSR count). The average Bonchev–Trinajstić information content (AvgIpc) is 3.00. The summed E-state index contributed by atoms with van der Waals surface area (Å²) in [6.07, 6.45) is 5.48. The molecule has 6 heteroatoms. The number of fused-ring (bicyclic) bond motifs is 2. The summed E-state index contributed by atoms with van der Waals surface area (Å²) in [7, 11) is 0. The molecule has 4 heterocycles. The van der Waals surface area contributed by atoms with Gasteiger partial charge in [-0.15, -0.1) is 16.4 Å². The highest BCUT2D eigenvalue weighted by Crippen LogP contribution is 2.32. The van der Waals surface area contributed by atoms with Gasteiger partial charge in [0, 0.05) is 22.5 Å². The van der Waals surface area contributed by atoms with Crippen molar-refractivity contribution in [3.63, 3.8) is 0 Å². The quantitative estimate of drug-likeness (QED) is 0.575. The van der Waals surface area contributed by atoms with E-state index in [1.54, 1.807) is 28.1 Å². The lowest BCUT2D eigenvalue weighted by molar-refractivity contribution is 0.954. The number of nitrogens with zero attached hydrogens (tertiary/aromatic N) is 4. The second kappa shape index (κ2) is 3.76. The van der Waals surface area contributed by atoms with Crippen molar-refractivity contribution >= 4 is 32.9 Å². The van der Waals surface area contributed by atoms with E-state index in [2.05, 4.69) is 21.1 Å². The summed E-state index contributed by atoms with van der Waals surface area (Å²) in [5, 5.41) is 5.43. The largest absolute Gasteiger partial charge is 0.382 e. The molecule has 0 atom stereocenters. The van der Waals surface area contributed by atoms with Crippen molar-refractivity contribution in [3.05, 3.63) is 42.9 Å². The zero-order valence-electron chi connectivity index (χ0n) is 9.82. The molecule has 19 heavy (non-hydrogen) atoms. The number of hydrogen-bond donors (Lipinski definition) is 1. The van der Waals surface area contributed by atoms with Crippen molar-refractivity contribution in [3.8, 4) is 10.6 Å². The van der Waals surface area contributed by atoms with Gasteiger partial charge < -0.3 is 5.73 Å². The highest BCUT2D eigenvalue weighted by molar-refractivity contribution is 7.22. The molecule has 0 fully saturated rings. The summed E-state index contributed by atoms with van der Waals surface area (Å²) in [4.78, 5) is 9.58. The molecule has 0 unspecified atom stereocenters. The highest BCUT2D eigenvalue weighted by atomic mass is 32.1. The summed E-state index contributed by atoms with van der Waals surface area (Å²) in [6.45, 7) is 0. The average molecular weight is 267 g/mol. The van der Waals surface area contributed by atoms with Gasteiger partial charge in [0.2, 0.25) is 0 Å². The van der Waals surface area contributed by atoms with Crippen LogP contribution in [0.15, 0.2) is 42.9 Å². The number of nitrogen functional groups attached to an aromatic ring is 1. The molecule has 0 aliphatic rings. The number of rotatable bonds is 1. The van der Waals surface area contributed by atoms with Crippen LogP contribution in [-0.4, -0.2) is 19.6 Å². The van der Waals surface area contributed by atoms with Crippen LogP contribution in [0.3, 0.4) is 0 Å². The molecule has 92 valence electrons. The van der Waals surface area contributed by atoms with Crippen molar-refractivity contribution in [2.24, 2.45) is 0 Å². The number of anilines is 1. The van der Waals surface area contributed by atoms with Crippen molar-refractivity contribution in [2.45, 2.75) is 0 Å². The second-order valence-electron chi connectivity index (χ2n) is 4.20. The lowest BCUT2D eigenvalue weighted by atomic mass is 10.3. The zero-order chi connectivity index (χ0) is 12.8. The third kappa shape index (κ3) is 1.57. The Hall–Kier alpha value is -2.47. The third-order valence-electron chi connectivity index (χ3n) is 2.95. The van der Waals surface area contributed by atoms with Gasteiger partial charge >= 0.3 is 0 Å². The van der Waals surface area contributed by atoms with E-state index < -0.39 is 0 Å². The van der Waals surface area contributed by atoms with E-state index in [-0.39, 0.29) is 0 Å². The maximum absolute atomic E-state index is 5.74. The fourth-order valence-electron chi connectivity index (χ4n) is 2.07. The van der Waals surface area contributed by atoms with Gasteiger partial charge in [-0.05, 0) is 24.3 Å². The first-order chi connectivity index (χ1) is 9.31. The van der Waals surface area contributed by atoms with Crippen molar-refractivity contribution in [1.82, 2.24) is 19.6 Å². The Kier molecular flexibility index (Phi) is 2.07. The molecule has 4 aromatic heterocycles. The molecule has 0 saturated heterocycles. The summed E-state index contributed by atoms with van der Waals surface area (Å²) in [5.74, 6) is 0.481. The maximum atomic E-state index is 5.74. The first-order valence-electron chi connectivity index (χ1n) is 5.75. The summed E-state index contributed by atoms with van der Waals surface area (Å²) < 4.78 is 2.97. The molecule has 4 aromatic rings. The van der Waals surface area contributed by atoms with E-state index >= 15 is 0 Å². The molecule has 0 radical (unpaired) electrons. The minimum absolute atomic E-state index is 0.481. The molecule has 5 nitrogen and oxygen atoms in total. The fraction of sp³-hybridized carbons (Fsp3) is 0. The minimum atomic E-state index is 0.481. The Morgan fingerprint density at radius 2 is 2.11 bits per heavy atom. The number of thiophene rings is 1. The van der Waals surface area contributed by atoms with Crippen molar-refractivity contribution < 1.29 is 0 Å². The van der Waals surface area contributed by atoms with Crippen molar-refractivity contribution in [1.29, 1.82) is 0 Å². The summed E-state index contributed by atoms with van der Waals surface area (Å²) in [6, 6.07) is 7.72. The van der Waals surface area contributed by atoms with Gasteiger partial charge in [-0.1, -0.05) is 0 Å². The number of aromatic nitrogens is 4. The van der Waals surface area contributed by atoms with Crippen LogP contribution < -0.4 is 5.73 Å². The number of nitrogens with two attached hydrogens (primary N) is 1. The van der Waals surface area contributed by atoms with Crippen LogP contribution in [0.5, 0.6) is 0 Å². The van der Waals surface area contributed by atoms with Crippen LogP contribution in [0.25, 0.3) is 26.3 Å². The Balaban J connectivity index is 2.00. The molecule has 2 N–H and O–H groups in total. The van der Waals surface area contributed by atoms with Crippen LogP contribution in [0.1, 0.15) is 0 Å². The maximum Gasteiger partial charge on any atom is 0.154 e. The fourth-order valence-corrected chi connectivity index (χ4v) is 3.09. The van der Waals surface area contributed by atoms with Crippen LogP contribution in [0.2, 0.25) is 0 Å². The molecule has 0 bridgehead atoms. The van der Waals surface area contributed by atoms with Crippen LogP contribution in [0.4, 0.5) is 5.82 Å². The normalized spacial score (nSPS) is 11.4. The molecular weight excluding hydrogens is 258 g/mol. The monoisotopic (exact) mass is 267 g/mol. The zero-order valence-corrected chi connectivity index (χ0v) is 10.6. The number of imidazole rings is 1. The minimum Gasteiger partial charge on any atom is -0.382 e. The standard InChI is InChI=1S/C13H9N5S/c14-12-1-2-13-16-7-9(18(13)17-12)11-5-8-6-15-4-3-10(8)19-11/h1-7H,(H2,14,17). The van der Waals surface area contributed by atoms with Gasteiger partial charge in [-0.25, -0.2) is 9.50 Å². The van der Waals surface area contributed by atoms with Gasteiger partial charge in [0.25, 0.3) is 0 Å². The van der Waals surface area contributed by atoms with Gasteiger partial charge in [0.15, 0.2) is 5.65 Å². The first-order valence-corrected chi connectivity index (χ1v) is 6.57.